The van der Waals surface area contributed by atoms with E-state index in [1.165, 1.54) is 58.0 Å². The second-order valence-electron chi connectivity index (χ2n) is 8.02. The Balaban J connectivity index is 1.35. The smallest absolute Gasteiger partial charge is 0.314 e. The van der Waals surface area contributed by atoms with E-state index in [-0.39, 0.29) is 18.1 Å². The Bertz CT molecular complexity index is 392. The van der Waals surface area contributed by atoms with Crippen molar-refractivity contribution in [3.8, 4) is 0 Å². The Labute approximate surface area is 140 Å². The molecule has 3 aliphatic rings. The number of hydrogen-bond donors (Lipinski definition) is 3. The molecule has 0 radical (unpaired) electrons. The van der Waals surface area contributed by atoms with Crippen molar-refractivity contribution in [3.63, 3.8) is 0 Å². The largest absolute Gasteiger partial charge is 0.396 e. The van der Waals surface area contributed by atoms with Crippen molar-refractivity contribution in [2.75, 3.05) is 32.8 Å². The van der Waals surface area contributed by atoms with Crippen LogP contribution in [0.1, 0.15) is 57.8 Å². The molecule has 0 aromatic rings. The lowest BCUT2D eigenvalue weighted by molar-refractivity contribution is 0.181. The van der Waals surface area contributed by atoms with Gasteiger partial charge >= 0.3 is 6.03 Å². The molecule has 2 amide bonds. The van der Waals surface area contributed by atoms with Crippen molar-refractivity contribution < 1.29 is 9.90 Å². The van der Waals surface area contributed by atoms with Gasteiger partial charge in [0, 0.05) is 31.1 Å². The van der Waals surface area contributed by atoms with Crippen LogP contribution < -0.4 is 10.6 Å². The molecule has 2 aliphatic carbocycles. The zero-order chi connectivity index (χ0) is 16.1. The van der Waals surface area contributed by atoms with E-state index in [9.17, 15) is 9.90 Å². The van der Waals surface area contributed by atoms with Crippen LogP contribution in [0, 0.1) is 11.3 Å². The number of hydrogen-bond acceptors (Lipinski definition) is 3. The number of likely N-dealkylation sites (tertiary alicyclic amines) is 1. The average molecular weight is 323 g/mol. The molecule has 1 aliphatic heterocycles. The molecule has 1 heterocycles. The van der Waals surface area contributed by atoms with Gasteiger partial charge in [0.15, 0.2) is 0 Å². The number of nitrogens with one attached hydrogen (secondary N) is 2. The number of amides is 2. The fourth-order valence-corrected chi connectivity index (χ4v) is 4.18. The Morgan fingerprint density at radius 2 is 1.87 bits per heavy atom. The van der Waals surface area contributed by atoms with Crippen LogP contribution in [0.4, 0.5) is 4.79 Å². The molecule has 0 spiro atoms. The number of nitrogens with zero attached hydrogens (tertiary/aromatic N) is 1. The molecule has 3 fully saturated rings. The van der Waals surface area contributed by atoms with Crippen molar-refractivity contribution in [3.05, 3.63) is 0 Å². The Morgan fingerprint density at radius 3 is 2.57 bits per heavy atom. The van der Waals surface area contributed by atoms with Crippen LogP contribution in [0.5, 0.6) is 0 Å². The van der Waals surface area contributed by atoms with Crippen molar-refractivity contribution in [2.24, 2.45) is 11.3 Å². The molecule has 3 N–H and O–H groups in total. The molecule has 0 aromatic carbocycles. The van der Waals surface area contributed by atoms with E-state index in [1.807, 2.05) is 0 Å². The number of aliphatic hydroxyl groups excluding tert-OH is 1. The predicted octanol–water partition coefficient (Wildman–Crippen LogP) is 2.10. The van der Waals surface area contributed by atoms with Crippen LogP contribution >= 0.6 is 0 Å². The summed E-state index contributed by atoms with van der Waals surface area (Å²) < 4.78 is 0. The van der Waals surface area contributed by atoms with Crippen LogP contribution in [0.3, 0.4) is 0 Å². The van der Waals surface area contributed by atoms with Gasteiger partial charge in [0.1, 0.15) is 0 Å². The predicted molar refractivity (Wildman–Crippen MR) is 91.3 cm³/mol. The molecule has 5 heteroatoms. The zero-order valence-corrected chi connectivity index (χ0v) is 14.4. The number of rotatable bonds is 7. The molecule has 132 valence electrons. The third-order valence-corrected chi connectivity index (χ3v) is 6.13. The molecule has 1 saturated heterocycles. The maximum Gasteiger partial charge on any atom is 0.314 e. The van der Waals surface area contributed by atoms with E-state index in [0.717, 1.165) is 25.3 Å². The average Bonchev–Trinajstić information content (AvgIpc) is 3.24. The van der Waals surface area contributed by atoms with Gasteiger partial charge in [-0.05, 0) is 51.0 Å². The lowest BCUT2D eigenvalue weighted by Gasteiger charge is -2.31. The summed E-state index contributed by atoms with van der Waals surface area (Å²) in [6.07, 6.45) is 11.5. The summed E-state index contributed by atoms with van der Waals surface area (Å²) in [5, 5.41) is 15.3. The zero-order valence-electron chi connectivity index (χ0n) is 14.4. The highest BCUT2D eigenvalue weighted by atomic mass is 16.3. The van der Waals surface area contributed by atoms with Crippen molar-refractivity contribution in [1.29, 1.82) is 0 Å². The maximum absolute atomic E-state index is 12.0. The molecule has 2 saturated carbocycles. The normalized spacial score (nSPS) is 27.8. The first-order chi connectivity index (χ1) is 11.2. The minimum atomic E-state index is -0.0748. The van der Waals surface area contributed by atoms with E-state index >= 15 is 0 Å². The van der Waals surface area contributed by atoms with E-state index in [2.05, 4.69) is 15.5 Å². The molecule has 1 unspecified atom stereocenters. The first-order valence-electron chi connectivity index (χ1n) is 9.57. The summed E-state index contributed by atoms with van der Waals surface area (Å²) in [4.78, 5) is 14.6. The van der Waals surface area contributed by atoms with Gasteiger partial charge in [-0.1, -0.05) is 19.3 Å². The second-order valence-corrected chi connectivity index (χ2v) is 8.02. The molecule has 23 heavy (non-hydrogen) atoms. The fourth-order valence-electron chi connectivity index (χ4n) is 4.18. The van der Waals surface area contributed by atoms with Gasteiger partial charge in [0.05, 0.1) is 6.61 Å². The second kappa shape index (κ2) is 7.84. The van der Waals surface area contributed by atoms with Crippen LogP contribution in [-0.2, 0) is 0 Å². The third-order valence-electron chi connectivity index (χ3n) is 6.13. The van der Waals surface area contributed by atoms with Gasteiger partial charge in [-0.15, -0.1) is 0 Å². The lowest BCUT2D eigenvalue weighted by atomic mass is 9.89. The quantitative estimate of drug-likeness (QED) is 0.672. The Kier molecular flexibility index (Phi) is 5.81. The number of aliphatic hydroxyl groups is 1. The highest BCUT2D eigenvalue weighted by Crippen LogP contribution is 2.44. The summed E-state index contributed by atoms with van der Waals surface area (Å²) >= 11 is 0. The summed E-state index contributed by atoms with van der Waals surface area (Å²) in [6.45, 7) is 3.96. The van der Waals surface area contributed by atoms with E-state index in [4.69, 9.17) is 0 Å². The van der Waals surface area contributed by atoms with Gasteiger partial charge < -0.3 is 15.7 Å². The van der Waals surface area contributed by atoms with Crippen LogP contribution in [-0.4, -0.2) is 54.9 Å². The Morgan fingerprint density at radius 1 is 1.09 bits per heavy atom. The molecule has 0 aromatic heterocycles. The van der Waals surface area contributed by atoms with Crippen LogP contribution in [0.15, 0.2) is 0 Å². The molecule has 3 rings (SSSR count). The number of urea groups is 1. The van der Waals surface area contributed by atoms with E-state index < -0.39 is 0 Å². The minimum absolute atomic E-state index is 0.0162. The van der Waals surface area contributed by atoms with Crippen molar-refractivity contribution >= 4 is 6.03 Å². The number of carbonyl (C=O) groups is 1. The fraction of sp³-hybridized carbons (Fsp3) is 0.944. The van der Waals surface area contributed by atoms with Gasteiger partial charge in [0.25, 0.3) is 0 Å². The topological polar surface area (TPSA) is 64.6 Å². The van der Waals surface area contributed by atoms with Crippen molar-refractivity contribution in [1.82, 2.24) is 15.5 Å². The first-order valence-corrected chi connectivity index (χ1v) is 9.57. The third kappa shape index (κ3) is 4.83. The van der Waals surface area contributed by atoms with E-state index in [1.54, 1.807) is 0 Å². The monoisotopic (exact) mass is 323 g/mol. The van der Waals surface area contributed by atoms with Gasteiger partial charge in [-0.25, -0.2) is 4.79 Å². The van der Waals surface area contributed by atoms with Gasteiger partial charge in [0.2, 0.25) is 0 Å². The first kappa shape index (κ1) is 17.0. The van der Waals surface area contributed by atoms with Gasteiger partial charge in [-0.3, -0.25) is 4.90 Å². The Hall–Kier alpha value is -0.810. The van der Waals surface area contributed by atoms with Crippen molar-refractivity contribution in [2.45, 2.75) is 63.8 Å². The highest BCUT2D eigenvalue weighted by molar-refractivity contribution is 5.73. The standard InChI is InChI=1S/C18H33N3O2/c22-14-18(8-9-18)13-20-17(23)19-11-16-7-4-10-21(16)12-15-5-2-1-3-6-15/h15-16,22H,1-14H2,(H2,19,20,23). The molecule has 5 nitrogen and oxygen atoms in total. The number of carbonyl (C=O) groups excluding carboxylic acids is 1. The maximum atomic E-state index is 12.0. The molecular formula is C18H33N3O2. The van der Waals surface area contributed by atoms with Crippen LogP contribution in [0.25, 0.3) is 0 Å². The summed E-state index contributed by atoms with van der Waals surface area (Å²) in [7, 11) is 0. The lowest BCUT2D eigenvalue weighted by Crippen LogP contribution is -2.46. The summed E-state index contributed by atoms with van der Waals surface area (Å²) in [5.41, 5.74) is -0.0162. The van der Waals surface area contributed by atoms with Gasteiger partial charge in [-0.2, -0.15) is 0 Å². The minimum Gasteiger partial charge on any atom is -0.396 e. The molecule has 0 bridgehead atoms. The SMILES string of the molecule is O=C(NCC1CCCN1CC1CCCCC1)NCC1(CO)CC1. The van der Waals surface area contributed by atoms with Crippen LogP contribution in [0.2, 0.25) is 0 Å². The summed E-state index contributed by atoms with van der Waals surface area (Å²) in [6, 6.07) is 0.435. The highest BCUT2D eigenvalue weighted by Gasteiger charge is 2.42. The molecular weight excluding hydrogens is 290 g/mol. The molecule has 1 atom stereocenters. The summed E-state index contributed by atoms with van der Waals surface area (Å²) in [5.74, 6) is 0.873. The van der Waals surface area contributed by atoms with E-state index in [0.29, 0.717) is 12.6 Å².